The van der Waals surface area contributed by atoms with Crippen LogP contribution in [0.5, 0.6) is 5.75 Å². The molecule has 2 aromatic carbocycles. The maximum atomic E-state index is 5.41. The molecule has 2 heteroatoms. The zero-order valence-corrected chi connectivity index (χ0v) is 10.1. The number of aliphatic imine (C=N–C) groups is 1. The first kappa shape index (κ1) is 12.1. The van der Waals surface area contributed by atoms with Gasteiger partial charge in [-0.2, -0.15) is 0 Å². The molecule has 0 fully saturated rings. The van der Waals surface area contributed by atoms with Gasteiger partial charge in [0.25, 0.3) is 0 Å². The molecule has 0 amide bonds. The molecular formula is C16H15NO. The van der Waals surface area contributed by atoms with Gasteiger partial charge in [0.05, 0.1) is 5.69 Å². The van der Waals surface area contributed by atoms with Crippen LogP contribution in [0, 0.1) is 0 Å². The highest BCUT2D eigenvalue weighted by molar-refractivity contribution is 5.82. The van der Waals surface area contributed by atoms with E-state index in [2.05, 4.69) is 11.6 Å². The van der Waals surface area contributed by atoms with Crippen LogP contribution in [0.25, 0.3) is 0 Å². The number of hydrogen-bond donors (Lipinski definition) is 0. The second-order valence-electron chi connectivity index (χ2n) is 3.76. The Morgan fingerprint density at radius 1 is 1.00 bits per heavy atom. The van der Waals surface area contributed by atoms with Gasteiger partial charge in [-0.25, -0.2) is 0 Å². The van der Waals surface area contributed by atoms with Crippen LogP contribution >= 0.6 is 0 Å². The molecule has 0 aliphatic heterocycles. The van der Waals surface area contributed by atoms with Gasteiger partial charge in [-0.05, 0) is 42.0 Å². The molecule has 2 rings (SSSR count). The first-order valence-corrected chi connectivity index (χ1v) is 5.81. The van der Waals surface area contributed by atoms with E-state index < -0.39 is 0 Å². The minimum atomic E-state index is 0.525. The van der Waals surface area contributed by atoms with Crippen molar-refractivity contribution in [2.24, 2.45) is 4.99 Å². The first-order chi connectivity index (χ1) is 8.88. The summed E-state index contributed by atoms with van der Waals surface area (Å²) in [5, 5.41) is 0. The summed E-state index contributed by atoms with van der Waals surface area (Å²) in [5.41, 5.74) is 1.99. The molecule has 0 spiro atoms. The van der Waals surface area contributed by atoms with Crippen LogP contribution in [0.2, 0.25) is 0 Å². The Hall–Kier alpha value is -2.35. The highest BCUT2D eigenvalue weighted by Gasteiger charge is 1.92. The van der Waals surface area contributed by atoms with E-state index in [1.807, 2.05) is 60.8 Å². The molecule has 0 aliphatic rings. The van der Waals surface area contributed by atoms with Gasteiger partial charge in [0.15, 0.2) is 0 Å². The molecule has 0 N–H and O–H groups in total. The quantitative estimate of drug-likeness (QED) is 0.569. The Morgan fingerprint density at radius 2 is 1.72 bits per heavy atom. The third-order valence-corrected chi connectivity index (χ3v) is 2.37. The van der Waals surface area contributed by atoms with Gasteiger partial charge in [0.1, 0.15) is 12.4 Å². The Morgan fingerprint density at radius 3 is 2.39 bits per heavy atom. The molecule has 0 atom stereocenters. The third kappa shape index (κ3) is 3.59. The zero-order chi connectivity index (χ0) is 12.6. The maximum absolute atomic E-state index is 5.41. The van der Waals surface area contributed by atoms with Crippen LogP contribution in [0.4, 0.5) is 5.69 Å². The second-order valence-corrected chi connectivity index (χ2v) is 3.76. The Bertz CT molecular complexity index is 515. The highest BCUT2D eigenvalue weighted by atomic mass is 16.5. The second kappa shape index (κ2) is 6.40. The molecule has 0 unspecified atom stereocenters. The van der Waals surface area contributed by atoms with Crippen LogP contribution in [-0.4, -0.2) is 12.8 Å². The number of benzene rings is 2. The number of rotatable bonds is 5. The van der Waals surface area contributed by atoms with Gasteiger partial charge in [-0.1, -0.05) is 30.9 Å². The van der Waals surface area contributed by atoms with Crippen LogP contribution in [-0.2, 0) is 0 Å². The Kier molecular flexibility index (Phi) is 4.31. The molecule has 2 nitrogen and oxygen atoms in total. The fourth-order valence-corrected chi connectivity index (χ4v) is 1.47. The first-order valence-electron chi connectivity index (χ1n) is 5.81. The van der Waals surface area contributed by atoms with Gasteiger partial charge >= 0.3 is 0 Å². The van der Waals surface area contributed by atoms with Gasteiger partial charge < -0.3 is 4.74 Å². The average Bonchev–Trinajstić information content (AvgIpc) is 2.45. The summed E-state index contributed by atoms with van der Waals surface area (Å²) >= 11 is 0. The predicted molar refractivity (Wildman–Crippen MR) is 75.8 cm³/mol. The van der Waals surface area contributed by atoms with Crippen molar-refractivity contribution in [1.82, 2.24) is 0 Å². The average molecular weight is 237 g/mol. The zero-order valence-electron chi connectivity index (χ0n) is 10.1. The summed E-state index contributed by atoms with van der Waals surface area (Å²) in [7, 11) is 0. The molecule has 0 aliphatic carbocycles. The van der Waals surface area contributed by atoms with E-state index in [1.165, 1.54) is 0 Å². The molecule has 0 aromatic heterocycles. The van der Waals surface area contributed by atoms with Crippen LogP contribution in [0.15, 0.2) is 72.2 Å². The smallest absolute Gasteiger partial charge is 0.119 e. The van der Waals surface area contributed by atoms with Crippen LogP contribution in [0.3, 0.4) is 0 Å². The van der Waals surface area contributed by atoms with Crippen molar-refractivity contribution < 1.29 is 4.74 Å². The van der Waals surface area contributed by atoms with Crippen molar-refractivity contribution in [3.63, 3.8) is 0 Å². The van der Waals surface area contributed by atoms with E-state index in [-0.39, 0.29) is 0 Å². The molecule has 18 heavy (non-hydrogen) atoms. The Labute approximate surface area is 107 Å². The SMILES string of the molecule is C=CCOc1ccc(C=Nc2ccccc2)cc1. The van der Waals surface area contributed by atoms with E-state index in [4.69, 9.17) is 4.74 Å². The van der Waals surface area contributed by atoms with Crippen molar-refractivity contribution in [3.05, 3.63) is 72.8 Å². The van der Waals surface area contributed by atoms with Gasteiger partial charge in [0.2, 0.25) is 0 Å². The van der Waals surface area contributed by atoms with Crippen molar-refractivity contribution in [3.8, 4) is 5.75 Å². The fourth-order valence-electron chi connectivity index (χ4n) is 1.47. The van der Waals surface area contributed by atoms with Crippen LogP contribution < -0.4 is 4.74 Å². The minimum absolute atomic E-state index is 0.525. The van der Waals surface area contributed by atoms with Crippen LogP contribution in [0.1, 0.15) is 5.56 Å². The lowest BCUT2D eigenvalue weighted by Gasteiger charge is -2.02. The molecule has 0 heterocycles. The van der Waals surface area contributed by atoms with Crippen molar-refractivity contribution in [1.29, 1.82) is 0 Å². The van der Waals surface area contributed by atoms with Gasteiger partial charge in [0, 0.05) is 6.21 Å². The highest BCUT2D eigenvalue weighted by Crippen LogP contribution is 2.13. The van der Waals surface area contributed by atoms with E-state index in [1.54, 1.807) is 6.08 Å². The van der Waals surface area contributed by atoms with E-state index in [0.717, 1.165) is 17.0 Å². The molecule has 0 bridgehead atoms. The summed E-state index contributed by atoms with van der Waals surface area (Å²) in [4.78, 5) is 4.39. The number of nitrogens with zero attached hydrogens (tertiary/aromatic N) is 1. The lowest BCUT2D eigenvalue weighted by Crippen LogP contribution is -1.92. The topological polar surface area (TPSA) is 21.6 Å². The minimum Gasteiger partial charge on any atom is -0.490 e. The lowest BCUT2D eigenvalue weighted by molar-refractivity contribution is 0.363. The van der Waals surface area contributed by atoms with E-state index >= 15 is 0 Å². The monoisotopic (exact) mass is 237 g/mol. The summed E-state index contributed by atoms with van der Waals surface area (Å²) in [6.45, 7) is 4.14. The molecule has 0 radical (unpaired) electrons. The summed E-state index contributed by atoms with van der Waals surface area (Å²) < 4.78 is 5.41. The predicted octanol–water partition coefficient (Wildman–Crippen LogP) is 4.00. The summed E-state index contributed by atoms with van der Waals surface area (Å²) in [6, 6.07) is 17.7. The molecule has 90 valence electrons. The maximum Gasteiger partial charge on any atom is 0.119 e. The number of para-hydroxylation sites is 1. The number of ether oxygens (including phenoxy) is 1. The summed E-state index contributed by atoms with van der Waals surface area (Å²) in [5.74, 6) is 0.840. The van der Waals surface area contributed by atoms with Crippen molar-refractivity contribution >= 4 is 11.9 Å². The Balaban J connectivity index is 2.02. The molecule has 0 saturated carbocycles. The van der Waals surface area contributed by atoms with Crippen molar-refractivity contribution in [2.45, 2.75) is 0 Å². The van der Waals surface area contributed by atoms with Gasteiger partial charge in [-0.15, -0.1) is 0 Å². The van der Waals surface area contributed by atoms with E-state index in [0.29, 0.717) is 6.61 Å². The third-order valence-electron chi connectivity index (χ3n) is 2.37. The summed E-state index contributed by atoms with van der Waals surface area (Å²) in [6.07, 6.45) is 3.57. The largest absolute Gasteiger partial charge is 0.490 e. The van der Waals surface area contributed by atoms with Gasteiger partial charge in [-0.3, -0.25) is 4.99 Å². The fraction of sp³-hybridized carbons (Fsp3) is 0.0625. The standard InChI is InChI=1S/C16H15NO/c1-2-12-18-16-10-8-14(9-11-16)13-17-15-6-4-3-5-7-15/h2-11,13H,1,12H2. The molecule has 0 saturated heterocycles. The normalized spacial score (nSPS) is 10.4. The lowest BCUT2D eigenvalue weighted by atomic mass is 10.2. The van der Waals surface area contributed by atoms with Crippen molar-refractivity contribution in [2.75, 3.05) is 6.61 Å². The number of hydrogen-bond acceptors (Lipinski definition) is 2. The van der Waals surface area contributed by atoms with E-state index in [9.17, 15) is 0 Å². The molecule has 2 aromatic rings. The molecular weight excluding hydrogens is 222 g/mol.